The molecule has 6 heteroatoms. The van der Waals surface area contributed by atoms with Crippen molar-refractivity contribution in [3.8, 4) is 0 Å². The van der Waals surface area contributed by atoms with E-state index in [1.165, 1.54) is 0 Å². The Labute approximate surface area is 128 Å². The molecule has 5 nitrogen and oxygen atoms in total. The van der Waals surface area contributed by atoms with E-state index < -0.39 is 0 Å². The molecule has 1 atom stereocenters. The van der Waals surface area contributed by atoms with Crippen molar-refractivity contribution in [3.05, 3.63) is 33.9 Å². The summed E-state index contributed by atoms with van der Waals surface area (Å²) in [6, 6.07) is 5.63. The first-order valence-electron chi connectivity index (χ1n) is 6.64. The molecule has 0 N–H and O–H groups in total. The Kier molecular flexibility index (Phi) is 6.95. The van der Waals surface area contributed by atoms with E-state index in [0.29, 0.717) is 23.5 Å². The van der Waals surface area contributed by atoms with Crippen molar-refractivity contribution < 1.29 is 9.66 Å². The van der Waals surface area contributed by atoms with Crippen LogP contribution in [-0.4, -0.2) is 31.2 Å². The number of rotatable bonds is 8. The standard InChI is InChI=1S/C14H21BrN2O3/c1-4-11(2)16(7-8-20-3)13-5-6-14(17(18)19)12(9-13)10-15/h5-6,9,11H,4,7-8,10H2,1-3H3. The molecule has 0 aliphatic carbocycles. The molecule has 0 fully saturated rings. The molecule has 0 radical (unpaired) electrons. The third-order valence-electron chi connectivity index (χ3n) is 3.39. The van der Waals surface area contributed by atoms with Gasteiger partial charge >= 0.3 is 0 Å². The van der Waals surface area contributed by atoms with Gasteiger partial charge in [0.15, 0.2) is 0 Å². The van der Waals surface area contributed by atoms with Gasteiger partial charge in [-0.05, 0) is 25.5 Å². The normalized spacial score (nSPS) is 12.2. The maximum absolute atomic E-state index is 11.0. The minimum absolute atomic E-state index is 0.154. The van der Waals surface area contributed by atoms with Gasteiger partial charge in [-0.25, -0.2) is 0 Å². The van der Waals surface area contributed by atoms with E-state index in [9.17, 15) is 10.1 Å². The van der Waals surface area contributed by atoms with Crippen LogP contribution in [0.2, 0.25) is 0 Å². The van der Waals surface area contributed by atoms with E-state index in [0.717, 1.165) is 18.7 Å². The zero-order valence-corrected chi connectivity index (χ0v) is 13.7. The predicted octanol–water partition coefficient (Wildman–Crippen LogP) is 3.74. The number of hydrogen-bond acceptors (Lipinski definition) is 4. The van der Waals surface area contributed by atoms with Crippen LogP contribution in [0.3, 0.4) is 0 Å². The van der Waals surface area contributed by atoms with E-state index in [2.05, 4.69) is 34.7 Å². The molecule has 0 heterocycles. The van der Waals surface area contributed by atoms with Crippen LogP contribution in [0.1, 0.15) is 25.8 Å². The summed E-state index contributed by atoms with van der Waals surface area (Å²) in [5, 5.41) is 11.4. The number of anilines is 1. The van der Waals surface area contributed by atoms with Crippen LogP contribution in [0.15, 0.2) is 18.2 Å². The summed E-state index contributed by atoms with van der Waals surface area (Å²) < 4.78 is 5.15. The smallest absolute Gasteiger partial charge is 0.273 e. The first-order chi connectivity index (χ1) is 9.54. The van der Waals surface area contributed by atoms with Crippen LogP contribution in [0.4, 0.5) is 11.4 Å². The highest BCUT2D eigenvalue weighted by molar-refractivity contribution is 9.08. The molecular formula is C14H21BrN2O3. The SMILES string of the molecule is CCC(C)N(CCOC)c1ccc([N+](=O)[O-])c(CBr)c1. The average molecular weight is 345 g/mol. The average Bonchev–Trinajstić information content (AvgIpc) is 2.46. The van der Waals surface area contributed by atoms with Crippen LogP contribution in [-0.2, 0) is 10.1 Å². The highest BCUT2D eigenvalue weighted by atomic mass is 79.9. The molecule has 0 aliphatic heterocycles. The summed E-state index contributed by atoms with van der Waals surface area (Å²) in [4.78, 5) is 12.9. The second-order valence-electron chi connectivity index (χ2n) is 4.65. The van der Waals surface area contributed by atoms with E-state index in [1.54, 1.807) is 13.2 Å². The number of nitro benzene ring substituents is 1. The van der Waals surface area contributed by atoms with Gasteiger partial charge in [0.2, 0.25) is 0 Å². The zero-order valence-electron chi connectivity index (χ0n) is 12.1. The van der Waals surface area contributed by atoms with Gasteiger partial charge in [-0.1, -0.05) is 22.9 Å². The van der Waals surface area contributed by atoms with E-state index >= 15 is 0 Å². The fourth-order valence-electron chi connectivity index (χ4n) is 2.05. The molecule has 1 aromatic carbocycles. The van der Waals surface area contributed by atoms with Gasteiger partial charge in [-0.3, -0.25) is 10.1 Å². The van der Waals surface area contributed by atoms with Crippen LogP contribution in [0.25, 0.3) is 0 Å². The second kappa shape index (κ2) is 8.21. The highest BCUT2D eigenvalue weighted by Gasteiger charge is 2.18. The monoisotopic (exact) mass is 344 g/mol. The number of nitrogens with zero attached hydrogens (tertiary/aromatic N) is 2. The van der Waals surface area contributed by atoms with E-state index in [1.807, 2.05) is 12.1 Å². The van der Waals surface area contributed by atoms with Gasteiger partial charge in [0.05, 0.1) is 11.5 Å². The Balaban J connectivity index is 3.10. The Morgan fingerprint density at radius 2 is 2.20 bits per heavy atom. The Bertz CT molecular complexity index is 454. The first kappa shape index (κ1) is 16.9. The van der Waals surface area contributed by atoms with Crippen molar-refractivity contribution in [2.75, 3.05) is 25.2 Å². The molecule has 0 amide bonds. The zero-order chi connectivity index (χ0) is 15.1. The number of ether oxygens (including phenoxy) is 1. The maximum atomic E-state index is 11.0. The number of methoxy groups -OCH3 is 1. The lowest BCUT2D eigenvalue weighted by molar-refractivity contribution is -0.385. The molecule has 1 unspecified atom stereocenters. The van der Waals surface area contributed by atoms with E-state index in [4.69, 9.17) is 4.74 Å². The van der Waals surface area contributed by atoms with Crippen molar-refractivity contribution >= 4 is 27.3 Å². The highest BCUT2D eigenvalue weighted by Crippen LogP contribution is 2.28. The molecule has 0 bridgehead atoms. The van der Waals surface area contributed by atoms with Gasteiger partial charge < -0.3 is 9.64 Å². The first-order valence-corrected chi connectivity index (χ1v) is 7.76. The van der Waals surface area contributed by atoms with Gasteiger partial charge in [0.1, 0.15) is 0 Å². The van der Waals surface area contributed by atoms with E-state index in [-0.39, 0.29) is 10.6 Å². The third kappa shape index (κ3) is 4.18. The largest absolute Gasteiger partial charge is 0.383 e. The van der Waals surface area contributed by atoms with Crippen molar-refractivity contribution in [1.29, 1.82) is 0 Å². The molecule has 0 saturated carbocycles. The number of nitro groups is 1. The fourth-order valence-corrected chi connectivity index (χ4v) is 2.50. The molecule has 20 heavy (non-hydrogen) atoms. The van der Waals surface area contributed by atoms with Gasteiger partial charge in [-0.2, -0.15) is 0 Å². The molecule has 112 valence electrons. The summed E-state index contributed by atoms with van der Waals surface area (Å²) in [6.07, 6.45) is 1.00. The van der Waals surface area contributed by atoms with Crippen molar-refractivity contribution in [2.24, 2.45) is 0 Å². The summed E-state index contributed by atoms with van der Waals surface area (Å²) in [5.41, 5.74) is 1.84. The quantitative estimate of drug-likeness (QED) is 0.409. The van der Waals surface area contributed by atoms with Crippen LogP contribution in [0.5, 0.6) is 0 Å². The minimum Gasteiger partial charge on any atom is -0.383 e. The van der Waals surface area contributed by atoms with Crippen molar-refractivity contribution in [1.82, 2.24) is 0 Å². The molecule has 0 saturated heterocycles. The summed E-state index contributed by atoms with van der Waals surface area (Å²) in [6.45, 7) is 5.67. The van der Waals surface area contributed by atoms with Crippen LogP contribution in [0, 0.1) is 10.1 Å². The molecule has 0 spiro atoms. The number of hydrogen-bond donors (Lipinski definition) is 0. The number of halogens is 1. The summed E-state index contributed by atoms with van der Waals surface area (Å²) >= 11 is 3.32. The Hall–Kier alpha value is -1.14. The lowest BCUT2D eigenvalue weighted by atomic mass is 10.1. The van der Waals surface area contributed by atoms with Gasteiger partial charge in [-0.15, -0.1) is 0 Å². The number of alkyl halides is 1. The molecule has 1 rings (SSSR count). The molecule has 0 aliphatic rings. The molecule has 0 aromatic heterocycles. The topological polar surface area (TPSA) is 55.6 Å². The second-order valence-corrected chi connectivity index (χ2v) is 5.21. The molecule has 1 aromatic rings. The van der Waals surface area contributed by atoms with Crippen molar-refractivity contribution in [3.63, 3.8) is 0 Å². The van der Waals surface area contributed by atoms with Crippen LogP contribution >= 0.6 is 15.9 Å². The fraction of sp³-hybridized carbons (Fsp3) is 0.571. The predicted molar refractivity (Wildman–Crippen MR) is 84.7 cm³/mol. The Morgan fingerprint density at radius 1 is 1.50 bits per heavy atom. The summed E-state index contributed by atoms with van der Waals surface area (Å²) in [5.74, 6) is 0. The third-order valence-corrected chi connectivity index (χ3v) is 4.00. The summed E-state index contributed by atoms with van der Waals surface area (Å²) in [7, 11) is 1.68. The lowest BCUT2D eigenvalue weighted by Crippen LogP contribution is -2.35. The molecular weight excluding hydrogens is 324 g/mol. The number of benzene rings is 1. The van der Waals surface area contributed by atoms with Gasteiger partial charge in [0, 0.05) is 42.3 Å². The van der Waals surface area contributed by atoms with Crippen LogP contribution < -0.4 is 4.90 Å². The lowest BCUT2D eigenvalue weighted by Gasteiger charge is -2.30. The minimum atomic E-state index is -0.344. The maximum Gasteiger partial charge on any atom is 0.273 e. The Morgan fingerprint density at radius 3 is 2.70 bits per heavy atom. The van der Waals surface area contributed by atoms with Gasteiger partial charge in [0.25, 0.3) is 5.69 Å². The van der Waals surface area contributed by atoms with Crippen molar-refractivity contribution in [2.45, 2.75) is 31.6 Å².